The Labute approximate surface area is 155 Å². The van der Waals surface area contributed by atoms with Gasteiger partial charge in [0.25, 0.3) is 0 Å². The fraction of sp³-hybridized carbons (Fsp3) is 0.409. The Morgan fingerprint density at radius 1 is 1.08 bits per heavy atom. The lowest BCUT2D eigenvalue weighted by molar-refractivity contribution is -0.122. The highest BCUT2D eigenvalue weighted by molar-refractivity contribution is 5.76. The highest BCUT2D eigenvalue weighted by Gasteiger charge is 2.21. The largest absolute Gasteiger partial charge is 0.352 e. The number of aryl methyl sites for hydroxylation is 1. The van der Waals surface area contributed by atoms with Gasteiger partial charge in [0, 0.05) is 25.6 Å². The van der Waals surface area contributed by atoms with Crippen LogP contribution in [0.4, 0.5) is 4.39 Å². The van der Waals surface area contributed by atoms with Crippen molar-refractivity contribution in [1.82, 2.24) is 10.2 Å². The quantitative estimate of drug-likeness (QED) is 0.824. The lowest BCUT2D eigenvalue weighted by atomic mass is 10.0. The number of halogens is 1. The van der Waals surface area contributed by atoms with Gasteiger partial charge in [-0.2, -0.15) is 0 Å². The van der Waals surface area contributed by atoms with E-state index in [-0.39, 0.29) is 17.8 Å². The number of piperidine rings is 1. The highest BCUT2D eigenvalue weighted by atomic mass is 19.1. The maximum atomic E-state index is 13.2. The van der Waals surface area contributed by atoms with Crippen LogP contribution < -0.4 is 5.32 Å². The zero-order valence-corrected chi connectivity index (χ0v) is 15.2. The maximum absolute atomic E-state index is 13.2. The van der Waals surface area contributed by atoms with Crippen molar-refractivity contribution >= 4 is 5.91 Å². The van der Waals surface area contributed by atoms with Gasteiger partial charge in [0.2, 0.25) is 5.91 Å². The second-order valence-electron chi connectivity index (χ2n) is 7.07. The molecule has 1 saturated heterocycles. The van der Waals surface area contributed by atoms with Gasteiger partial charge in [0.15, 0.2) is 0 Å². The molecule has 1 aliphatic heterocycles. The summed E-state index contributed by atoms with van der Waals surface area (Å²) < 4.78 is 13.2. The van der Waals surface area contributed by atoms with Crippen LogP contribution in [0.5, 0.6) is 0 Å². The molecule has 0 spiro atoms. The zero-order valence-electron chi connectivity index (χ0n) is 15.2. The Morgan fingerprint density at radius 3 is 2.69 bits per heavy atom. The van der Waals surface area contributed by atoms with E-state index >= 15 is 0 Å². The number of hydrogen-bond acceptors (Lipinski definition) is 2. The van der Waals surface area contributed by atoms with Crippen molar-refractivity contribution in [3.8, 4) is 0 Å². The van der Waals surface area contributed by atoms with Crippen molar-refractivity contribution in [2.24, 2.45) is 0 Å². The Kier molecular flexibility index (Phi) is 6.78. The van der Waals surface area contributed by atoms with Gasteiger partial charge in [0.05, 0.1) is 0 Å². The smallest absolute Gasteiger partial charge is 0.220 e. The summed E-state index contributed by atoms with van der Waals surface area (Å²) >= 11 is 0. The molecule has 3 rings (SSSR count). The second kappa shape index (κ2) is 9.48. The molecule has 138 valence electrons. The lowest BCUT2D eigenvalue weighted by Gasteiger charge is -2.33. The third-order valence-corrected chi connectivity index (χ3v) is 4.96. The molecule has 1 atom stereocenters. The summed E-state index contributed by atoms with van der Waals surface area (Å²) in [5, 5.41) is 3.16. The van der Waals surface area contributed by atoms with Crippen LogP contribution in [-0.2, 0) is 17.6 Å². The number of benzene rings is 2. The molecule has 0 unspecified atom stereocenters. The van der Waals surface area contributed by atoms with Gasteiger partial charge in [-0.1, -0.05) is 42.5 Å². The molecule has 2 aromatic rings. The molecule has 2 aromatic carbocycles. The summed E-state index contributed by atoms with van der Waals surface area (Å²) in [6.07, 6.45) is 4.18. The number of carbonyl (C=O) groups excluding carboxylic acids is 1. The molecule has 1 amide bonds. The first kappa shape index (κ1) is 18.6. The molecule has 26 heavy (non-hydrogen) atoms. The molecule has 0 aromatic heterocycles. The van der Waals surface area contributed by atoms with Crippen molar-refractivity contribution in [2.75, 3.05) is 19.6 Å². The molecule has 0 saturated carbocycles. The van der Waals surface area contributed by atoms with Crippen LogP contribution >= 0.6 is 0 Å². The van der Waals surface area contributed by atoms with Crippen LogP contribution in [0.15, 0.2) is 54.6 Å². The van der Waals surface area contributed by atoms with Crippen LogP contribution in [0.3, 0.4) is 0 Å². The van der Waals surface area contributed by atoms with Crippen molar-refractivity contribution in [1.29, 1.82) is 0 Å². The van der Waals surface area contributed by atoms with Crippen molar-refractivity contribution in [3.05, 3.63) is 71.5 Å². The average molecular weight is 354 g/mol. The van der Waals surface area contributed by atoms with Crippen molar-refractivity contribution in [2.45, 2.75) is 38.1 Å². The molecular formula is C22H27FN2O. The molecule has 0 bridgehead atoms. The van der Waals surface area contributed by atoms with Crippen LogP contribution in [0.2, 0.25) is 0 Å². The van der Waals surface area contributed by atoms with Crippen molar-refractivity contribution < 1.29 is 9.18 Å². The molecule has 1 heterocycles. The van der Waals surface area contributed by atoms with Crippen LogP contribution in [0.1, 0.15) is 30.4 Å². The van der Waals surface area contributed by atoms with E-state index in [0.717, 1.165) is 44.5 Å². The summed E-state index contributed by atoms with van der Waals surface area (Å²) in [4.78, 5) is 14.7. The number of amides is 1. The van der Waals surface area contributed by atoms with Gasteiger partial charge in [-0.3, -0.25) is 4.79 Å². The Hall–Kier alpha value is -2.20. The molecule has 4 heteroatoms. The summed E-state index contributed by atoms with van der Waals surface area (Å²) in [6, 6.07) is 17.2. The summed E-state index contributed by atoms with van der Waals surface area (Å²) in [7, 11) is 0. The van der Waals surface area contributed by atoms with E-state index in [2.05, 4.69) is 34.5 Å². The Balaban J connectivity index is 1.40. The lowest BCUT2D eigenvalue weighted by Crippen LogP contribution is -2.48. The number of carbonyl (C=O) groups is 1. The Bertz CT molecular complexity index is 704. The van der Waals surface area contributed by atoms with E-state index in [9.17, 15) is 9.18 Å². The number of rotatable bonds is 7. The number of hydrogen-bond donors (Lipinski definition) is 1. The highest BCUT2D eigenvalue weighted by Crippen LogP contribution is 2.12. The predicted octanol–water partition coefficient (Wildman–Crippen LogP) is 3.58. The minimum atomic E-state index is -0.246. The average Bonchev–Trinajstić information content (AvgIpc) is 2.66. The van der Waals surface area contributed by atoms with Crippen LogP contribution in [-0.4, -0.2) is 36.5 Å². The number of likely N-dealkylation sites (tertiary alicyclic amines) is 1. The standard InChI is InChI=1S/C22H27FN2O/c23-20-9-4-8-19(16-20)11-12-22(26)24-21-10-5-14-25(17-21)15-13-18-6-2-1-3-7-18/h1-4,6-9,16,21H,5,10-15,17H2,(H,24,26)/t21-/m0/s1. The normalized spacial score (nSPS) is 17.8. The first-order valence-electron chi connectivity index (χ1n) is 9.49. The maximum Gasteiger partial charge on any atom is 0.220 e. The molecule has 1 N–H and O–H groups in total. The van der Waals surface area contributed by atoms with E-state index in [1.165, 1.54) is 17.7 Å². The number of nitrogens with zero attached hydrogens (tertiary/aromatic N) is 1. The van der Waals surface area contributed by atoms with E-state index in [0.29, 0.717) is 12.8 Å². The second-order valence-corrected chi connectivity index (χ2v) is 7.07. The monoisotopic (exact) mass is 354 g/mol. The van der Waals surface area contributed by atoms with Gasteiger partial charge in [-0.25, -0.2) is 4.39 Å². The van der Waals surface area contributed by atoms with E-state index in [1.807, 2.05) is 12.1 Å². The molecule has 0 aliphatic carbocycles. The van der Waals surface area contributed by atoms with E-state index in [4.69, 9.17) is 0 Å². The fourth-order valence-electron chi connectivity index (χ4n) is 3.56. The fourth-order valence-corrected chi connectivity index (χ4v) is 3.56. The first-order valence-corrected chi connectivity index (χ1v) is 9.49. The van der Waals surface area contributed by atoms with Crippen molar-refractivity contribution in [3.63, 3.8) is 0 Å². The topological polar surface area (TPSA) is 32.3 Å². The molecule has 0 radical (unpaired) electrons. The third kappa shape index (κ3) is 5.95. The van der Waals surface area contributed by atoms with Gasteiger partial charge in [0.1, 0.15) is 5.82 Å². The summed E-state index contributed by atoms with van der Waals surface area (Å²) in [6.45, 7) is 3.04. The zero-order chi connectivity index (χ0) is 18.2. The van der Waals surface area contributed by atoms with Gasteiger partial charge < -0.3 is 10.2 Å². The van der Waals surface area contributed by atoms with Gasteiger partial charge in [-0.05, 0) is 55.5 Å². The SMILES string of the molecule is O=C(CCc1cccc(F)c1)N[C@H]1CCCN(CCc2ccccc2)C1. The third-order valence-electron chi connectivity index (χ3n) is 4.96. The molecule has 1 aliphatic rings. The van der Waals surface area contributed by atoms with Crippen LogP contribution in [0, 0.1) is 5.82 Å². The molecular weight excluding hydrogens is 327 g/mol. The molecule has 3 nitrogen and oxygen atoms in total. The predicted molar refractivity (Wildman–Crippen MR) is 102 cm³/mol. The minimum absolute atomic E-state index is 0.0594. The summed E-state index contributed by atoms with van der Waals surface area (Å²) in [5.74, 6) is -0.187. The first-order chi connectivity index (χ1) is 12.7. The summed E-state index contributed by atoms with van der Waals surface area (Å²) in [5.41, 5.74) is 2.22. The van der Waals surface area contributed by atoms with E-state index < -0.39 is 0 Å². The van der Waals surface area contributed by atoms with Gasteiger partial charge >= 0.3 is 0 Å². The Morgan fingerprint density at radius 2 is 1.88 bits per heavy atom. The van der Waals surface area contributed by atoms with Gasteiger partial charge in [-0.15, -0.1) is 0 Å². The molecule has 1 fully saturated rings. The minimum Gasteiger partial charge on any atom is -0.352 e. The van der Waals surface area contributed by atoms with E-state index in [1.54, 1.807) is 6.07 Å². The number of nitrogens with one attached hydrogen (secondary N) is 1. The van der Waals surface area contributed by atoms with Crippen LogP contribution in [0.25, 0.3) is 0 Å².